The van der Waals surface area contributed by atoms with Crippen LogP contribution < -0.4 is 0 Å². The Bertz CT molecular complexity index is 423. The Hall–Kier alpha value is -1.50. The van der Waals surface area contributed by atoms with Crippen LogP contribution in [0.15, 0.2) is 21.8 Å². The second-order valence-corrected chi connectivity index (χ2v) is 5.86. The largest absolute Gasteiger partial charge is 0.239 e. The van der Waals surface area contributed by atoms with Crippen molar-refractivity contribution in [3.63, 3.8) is 0 Å². The molecule has 0 N–H and O–H groups in total. The van der Waals surface area contributed by atoms with Crippen LogP contribution in [0.25, 0.3) is 0 Å². The van der Waals surface area contributed by atoms with Gasteiger partial charge in [-0.3, -0.25) is 0 Å². The molecule has 1 fully saturated rings. The molecule has 1 unspecified atom stereocenters. The molecule has 0 aromatic carbocycles. The topological polar surface area (TPSA) is 58.9 Å². The van der Waals surface area contributed by atoms with E-state index in [-0.39, 0.29) is 16.9 Å². The summed E-state index contributed by atoms with van der Waals surface area (Å²) in [6.45, 7) is 8.27. The second kappa shape index (κ2) is 4.79. The Labute approximate surface area is 102 Å². The fourth-order valence-corrected chi connectivity index (χ4v) is 2.35. The molecule has 1 aliphatic rings. The molecule has 0 spiro atoms. The van der Waals surface area contributed by atoms with Crippen molar-refractivity contribution in [2.75, 3.05) is 0 Å². The van der Waals surface area contributed by atoms with Gasteiger partial charge in [0.1, 0.15) is 0 Å². The van der Waals surface area contributed by atoms with Gasteiger partial charge in [-0.15, -0.1) is 0 Å². The Kier molecular flexibility index (Phi) is 3.82. The van der Waals surface area contributed by atoms with Gasteiger partial charge in [0.05, 0.1) is 6.04 Å². The molecule has 1 rings (SSSR count). The van der Waals surface area contributed by atoms with Gasteiger partial charge in [0.25, 0.3) is 0 Å². The van der Waals surface area contributed by atoms with E-state index in [0.29, 0.717) is 0 Å². The first kappa shape index (κ1) is 13.6. The predicted octanol–water partition coefficient (Wildman–Crippen LogP) is 2.76. The lowest BCUT2D eigenvalue weighted by Crippen LogP contribution is -2.40. The lowest BCUT2D eigenvalue weighted by molar-refractivity contribution is 0.163. The van der Waals surface area contributed by atoms with E-state index in [9.17, 15) is 9.59 Å². The van der Waals surface area contributed by atoms with E-state index in [2.05, 4.69) is 37.7 Å². The highest BCUT2D eigenvalue weighted by Crippen LogP contribution is 2.49. The highest BCUT2D eigenvalue weighted by Gasteiger charge is 2.43. The summed E-state index contributed by atoms with van der Waals surface area (Å²) in [7, 11) is 0. The van der Waals surface area contributed by atoms with Crippen LogP contribution in [0.4, 0.5) is 0 Å². The van der Waals surface area contributed by atoms with Crippen LogP contribution in [0.2, 0.25) is 0 Å². The summed E-state index contributed by atoms with van der Waals surface area (Å²) in [5, 5.41) is 0. The molecule has 0 amide bonds. The summed E-state index contributed by atoms with van der Waals surface area (Å²) in [4.78, 5) is 28.1. The fraction of sp³-hybridized carbons (Fsp3) is 0.692. The average Bonchev–Trinajstić information content (AvgIpc) is 2.21. The lowest BCUT2D eigenvalue weighted by atomic mass is 9.61. The third kappa shape index (κ3) is 3.00. The Morgan fingerprint density at radius 2 is 1.88 bits per heavy atom. The molecule has 1 saturated carbocycles. The predicted molar refractivity (Wildman–Crippen MR) is 64.9 cm³/mol. The normalized spacial score (nSPS) is 28.0. The van der Waals surface area contributed by atoms with E-state index in [1.807, 2.05) is 0 Å². The van der Waals surface area contributed by atoms with Crippen molar-refractivity contribution >= 4 is 12.2 Å². The number of aliphatic imine (C=N–C) groups is 2. The number of hydrogen-bond donors (Lipinski definition) is 0. The molecule has 1 aliphatic carbocycles. The summed E-state index contributed by atoms with van der Waals surface area (Å²) < 4.78 is 0. The van der Waals surface area contributed by atoms with Crippen LogP contribution in [-0.2, 0) is 9.59 Å². The molecular weight excluding hydrogens is 216 g/mol. The maximum atomic E-state index is 10.4. The third-order valence-corrected chi connectivity index (χ3v) is 3.60. The number of nitrogens with zero attached hydrogens (tertiary/aromatic N) is 2. The summed E-state index contributed by atoms with van der Waals surface area (Å²) in [5.74, 6) is 0. The van der Waals surface area contributed by atoms with Gasteiger partial charge in [0.15, 0.2) is 0 Å². The van der Waals surface area contributed by atoms with Gasteiger partial charge in [-0.2, -0.15) is 4.99 Å². The number of allylic oxidation sites excluding steroid dienone is 1. The summed E-state index contributed by atoms with van der Waals surface area (Å²) in [5.41, 5.74) is 0.876. The SMILES string of the molecule is CC1(C)CC(N=C=O)C(C)(C)CC1=CN=C=O. The van der Waals surface area contributed by atoms with Crippen molar-refractivity contribution in [3.05, 3.63) is 11.8 Å². The molecule has 1 atom stereocenters. The molecule has 0 heterocycles. The van der Waals surface area contributed by atoms with E-state index in [0.717, 1.165) is 18.4 Å². The standard InChI is InChI=1S/C13H18N2O2/c1-12(2)6-11(15-9-17)13(3,4)5-10(12)7-14-8-16/h7,11H,5-6H2,1-4H3. The van der Waals surface area contributed by atoms with Gasteiger partial charge in [-0.25, -0.2) is 14.6 Å². The van der Waals surface area contributed by atoms with E-state index < -0.39 is 0 Å². The molecule has 17 heavy (non-hydrogen) atoms. The van der Waals surface area contributed by atoms with E-state index in [1.54, 1.807) is 12.3 Å². The minimum absolute atomic E-state index is 0.0349. The van der Waals surface area contributed by atoms with Crippen LogP contribution in [0.5, 0.6) is 0 Å². The first-order valence-electron chi connectivity index (χ1n) is 5.67. The van der Waals surface area contributed by atoms with Crippen molar-refractivity contribution < 1.29 is 9.59 Å². The van der Waals surface area contributed by atoms with Crippen LogP contribution in [-0.4, -0.2) is 18.2 Å². The van der Waals surface area contributed by atoms with Crippen LogP contribution in [0, 0.1) is 10.8 Å². The number of carbonyl (C=O) groups excluding carboxylic acids is 2. The maximum Gasteiger partial charge on any atom is 0.239 e. The molecule has 0 saturated heterocycles. The van der Waals surface area contributed by atoms with Gasteiger partial charge >= 0.3 is 0 Å². The van der Waals surface area contributed by atoms with E-state index in [1.165, 1.54) is 6.08 Å². The van der Waals surface area contributed by atoms with Crippen molar-refractivity contribution in [1.29, 1.82) is 0 Å². The molecule has 0 radical (unpaired) electrons. The van der Waals surface area contributed by atoms with Crippen molar-refractivity contribution in [2.45, 2.75) is 46.6 Å². The Morgan fingerprint density at radius 3 is 2.41 bits per heavy atom. The van der Waals surface area contributed by atoms with Crippen molar-refractivity contribution in [3.8, 4) is 0 Å². The monoisotopic (exact) mass is 234 g/mol. The molecule has 0 aliphatic heterocycles. The smallest absolute Gasteiger partial charge is 0.211 e. The molecule has 4 nitrogen and oxygen atoms in total. The quantitative estimate of drug-likeness (QED) is 0.545. The molecule has 4 heteroatoms. The van der Waals surface area contributed by atoms with Crippen molar-refractivity contribution in [1.82, 2.24) is 0 Å². The first-order chi connectivity index (χ1) is 7.83. The van der Waals surface area contributed by atoms with Gasteiger partial charge < -0.3 is 0 Å². The molecule has 0 aromatic heterocycles. The molecule has 0 bridgehead atoms. The highest BCUT2D eigenvalue weighted by atomic mass is 16.1. The Balaban J connectivity index is 3.10. The van der Waals surface area contributed by atoms with E-state index in [4.69, 9.17) is 0 Å². The van der Waals surface area contributed by atoms with Crippen LogP contribution >= 0.6 is 0 Å². The van der Waals surface area contributed by atoms with Crippen LogP contribution in [0.1, 0.15) is 40.5 Å². The van der Waals surface area contributed by atoms with Gasteiger partial charge in [0.2, 0.25) is 12.2 Å². The molecule has 92 valence electrons. The number of isocyanates is 2. The van der Waals surface area contributed by atoms with Crippen LogP contribution in [0.3, 0.4) is 0 Å². The maximum absolute atomic E-state index is 10.4. The minimum atomic E-state index is -0.114. The molecular formula is C13H18N2O2. The fourth-order valence-electron chi connectivity index (χ4n) is 2.35. The van der Waals surface area contributed by atoms with Gasteiger partial charge in [0, 0.05) is 6.20 Å². The van der Waals surface area contributed by atoms with Gasteiger partial charge in [-0.1, -0.05) is 27.7 Å². The van der Waals surface area contributed by atoms with E-state index >= 15 is 0 Å². The summed E-state index contributed by atoms with van der Waals surface area (Å²) in [6.07, 6.45) is 6.31. The number of rotatable bonds is 2. The minimum Gasteiger partial charge on any atom is -0.211 e. The van der Waals surface area contributed by atoms with Crippen molar-refractivity contribution in [2.24, 2.45) is 20.8 Å². The zero-order valence-corrected chi connectivity index (χ0v) is 10.8. The molecule has 0 aromatic rings. The summed E-state index contributed by atoms with van der Waals surface area (Å²) >= 11 is 0. The van der Waals surface area contributed by atoms with Gasteiger partial charge in [-0.05, 0) is 29.2 Å². The lowest BCUT2D eigenvalue weighted by Gasteiger charge is -2.45. The number of hydrogen-bond acceptors (Lipinski definition) is 4. The zero-order chi connectivity index (χ0) is 13.1. The third-order valence-electron chi connectivity index (χ3n) is 3.60. The summed E-state index contributed by atoms with van der Waals surface area (Å²) in [6, 6.07) is -0.0349. The Morgan fingerprint density at radius 1 is 1.24 bits per heavy atom. The average molecular weight is 234 g/mol. The highest BCUT2D eigenvalue weighted by molar-refractivity contribution is 5.37. The first-order valence-corrected chi connectivity index (χ1v) is 5.67. The second-order valence-electron chi connectivity index (χ2n) is 5.86. The zero-order valence-electron chi connectivity index (χ0n) is 10.8.